The molecule has 1 aromatic carbocycles. The fourth-order valence-electron chi connectivity index (χ4n) is 2.54. The first-order chi connectivity index (χ1) is 11.0. The maximum Gasteiger partial charge on any atom is 0.253 e. The maximum absolute atomic E-state index is 12.6. The number of carbonyl (C=O) groups excluding carboxylic acids is 3. The number of nitrogens with zero attached hydrogens (tertiary/aromatic N) is 2. The second-order valence-corrected chi connectivity index (χ2v) is 5.63. The van der Waals surface area contributed by atoms with Crippen LogP contribution in [0.25, 0.3) is 0 Å². The Labute approximate surface area is 136 Å². The van der Waals surface area contributed by atoms with E-state index in [1.165, 1.54) is 6.92 Å². The third kappa shape index (κ3) is 4.31. The molecule has 1 fully saturated rings. The fraction of sp³-hybridized carbons (Fsp3) is 0.471. The van der Waals surface area contributed by atoms with Crippen molar-refractivity contribution in [3.05, 3.63) is 35.4 Å². The molecule has 1 N–H and O–H groups in total. The zero-order valence-electron chi connectivity index (χ0n) is 13.7. The lowest BCUT2D eigenvalue weighted by Crippen LogP contribution is -2.50. The minimum absolute atomic E-state index is 0.0340. The average Bonchev–Trinajstić information content (AvgIpc) is 2.59. The summed E-state index contributed by atoms with van der Waals surface area (Å²) < 4.78 is 0. The molecule has 0 atom stereocenters. The Balaban J connectivity index is 2.03. The van der Waals surface area contributed by atoms with Gasteiger partial charge in [0.05, 0.1) is 0 Å². The Morgan fingerprint density at radius 3 is 2.26 bits per heavy atom. The molecular formula is C17H23N3O3. The van der Waals surface area contributed by atoms with Crippen molar-refractivity contribution in [3.8, 4) is 0 Å². The van der Waals surface area contributed by atoms with Crippen LogP contribution in [0.3, 0.4) is 0 Å². The average molecular weight is 317 g/mol. The van der Waals surface area contributed by atoms with Crippen molar-refractivity contribution < 1.29 is 14.4 Å². The second-order valence-electron chi connectivity index (χ2n) is 5.63. The summed E-state index contributed by atoms with van der Waals surface area (Å²) >= 11 is 0. The molecule has 0 aromatic heterocycles. The zero-order valence-corrected chi connectivity index (χ0v) is 13.7. The molecule has 1 aliphatic heterocycles. The molecule has 1 saturated heterocycles. The van der Waals surface area contributed by atoms with Crippen LogP contribution >= 0.6 is 0 Å². The standard InChI is InChI=1S/C17H23N3O3/c1-3-7-18-16(22)14-5-4-6-15(12-14)17(23)20-10-8-19(9-11-20)13(2)21/h4-6,12H,3,7-11H2,1-2H3,(H,18,22). The van der Waals surface area contributed by atoms with Gasteiger partial charge in [-0.15, -0.1) is 0 Å². The number of nitrogens with one attached hydrogen (secondary N) is 1. The number of rotatable bonds is 4. The quantitative estimate of drug-likeness (QED) is 0.905. The predicted octanol–water partition coefficient (Wildman–Crippen LogP) is 1.13. The largest absolute Gasteiger partial charge is 0.352 e. The van der Waals surface area contributed by atoms with E-state index in [4.69, 9.17) is 0 Å². The van der Waals surface area contributed by atoms with Gasteiger partial charge in [-0.3, -0.25) is 14.4 Å². The second kappa shape index (κ2) is 7.76. The Morgan fingerprint density at radius 1 is 1.04 bits per heavy atom. The maximum atomic E-state index is 12.6. The van der Waals surface area contributed by atoms with E-state index >= 15 is 0 Å². The molecule has 3 amide bonds. The molecule has 0 radical (unpaired) electrons. The highest BCUT2D eigenvalue weighted by atomic mass is 16.2. The van der Waals surface area contributed by atoms with Gasteiger partial charge >= 0.3 is 0 Å². The third-order valence-corrected chi connectivity index (χ3v) is 3.92. The van der Waals surface area contributed by atoms with Gasteiger partial charge in [0.1, 0.15) is 0 Å². The first-order valence-corrected chi connectivity index (χ1v) is 7.96. The van der Waals surface area contributed by atoms with Gasteiger partial charge in [-0.2, -0.15) is 0 Å². The molecule has 0 spiro atoms. The van der Waals surface area contributed by atoms with E-state index in [-0.39, 0.29) is 17.7 Å². The van der Waals surface area contributed by atoms with E-state index in [0.717, 1.165) is 6.42 Å². The lowest BCUT2D eigenvalue weighted by atomic mass is 10.1. The minimum atomic E-state index is -0.164. The molecule has 23 heavy (non-hydrogen) atoms. The van der Waals surface area contributed by atoms with Crippen molar-refractivity contribution in [2.45, 2.75) is 20.3 Å². The SMILES string of the molecule is CCCNC(=O)c1cccc(C(=O)N2CCN(C(C)=O)CC2)c1. The summed E-state index contributed by atoms with van der Waals surface area (Å²) in [6, 6.07) is 6.77. The summed E-state index contributed by atoms with van der Waals surface area (Å²) in [5.41, 5.74) is 0.997. The van der Waals surface area contributed by atoms with Gasteiger partial charge < -0.3 is 15.1 Å². The Morgan fingerprint density at radius 2 is 1.65 bits per heavy atom. The van der Waals surface area contributed by atoms with Crippen LogP contribution in [0.1, 0.15) is 41.0 Å². The molecule has 6 heteroatoms. The number of benzene rings is 1. The lowest BCUT2D eigenvalue weighted by molar-refractivity contribution is -0.130. The molecule has 0 saturated carbocycles. The molecule has 0 unspecified atom stereocenters. The van der Waals surface area contributed by atoms with Gasteiger partial charge in [0.25, 0.3) is 11.8 Å². The highest BCUT2D eigenvalue weighted by Gasteiger charge is 2.23. The number of carbonyl (C=O) groups is 3. The van der Waals surface area contributed by atoms with E-state index in [9.17, 15) is 14.4 Å². The van der Waals surface area contributed by atoms with E-state index in [1.54, 1.807) is 34.1 Å². The van der Waals surface area contributed by atoms with E-state index in [2.05, 4.69) is 5.32 Å². The highest BCUT2D eigenvalue weighted by molar-refractivity contribution is 5.99. The first kappa shape index (κ1) is 17.0. The van der Waals surface area contributed by atoms with Crippen LogP contribution in [-0.2, 0) is 4.79 Å². The summed E-state index contributed by atoms with van der Waals surface area (Å²) in [7, 11) is 0. The molecule has 1 aliphatic rings. The summed E-state index contributed by atoms with van der Waals surface area (Å²) in [6.45, 7) is 6.28. The first-order valence-electron chi connectivity index (χ1n) is 7.96. The van der Waals surface area contributed by atoms with Crippen molar-refractivity contribution in [2.75, 3.05) is 32.7 Å². The Bertz CT molecular complexity index is 593. The van der Waals surface area contributed by atoms with Crippen LogP contribution in [-0.4, -0.2) is 60.2 Å². The van der Waals surface area contributed by atoms with Crippen molar-refractivity contribution in [1.29, 1.82) is 0 Å². The van der Waals surface area contributed by atoms with E-state index in [0.29, 0.717) is 43.9 Å². The fourth-order valence-corrected chi connectivity index (χ4v) is 2.54. The van der Waals surface area contributed by atoms with Gasteiger partial charge in [-0.25, -0.2) is 0 Å². The van der Waals surface area contributed by atoms with Crippen LogP contribution in [0, 0.1) is 0 Å². The molecule has 1 heterocycles. The minimum Gasteiger partial charge on any atom is -0.352 e. The van der Waals surface area contributed by atoms with Gasteiger partial charge in [-0.05, 0) is 24.6 Å². The van der Waals surface area contributed by atoms with Crippen molar-refractivity contribution in [1.82, 2.24) is 15.1 Å². The number of hydrogen-bond donors (Lipinski definition) is 1. The summed E-state index contributed by atoms with van der Waals surface area (Å²) in [5, 5.41) is 2.80. The normalized spacial score (nSPS) is 14.5. The molecular weight excluding hydrogens is 294 g/mol. The topological polar surface area (TPSA) is 69.7 Å². The number of amides is 3. The Hall–Kier alpha value is -2.37. The molecule has 124 valence electrons. The van der Waals surface area contributed by atoms with E-state index < -0.39 is 0 Å². The van der Waals surface area contributed by atoms with Crippen molar-refractivity contribution >= 4 is 17.7 Å². The van der Waals surface area contributed by atoms with E-state index in [1.807, 2.05) is 6.92 Å². The summed E-state index contributed by atoms with van der Waals surface area (Å²) in [4.78, 5) is 39.3. The highest BCUT2D eigenvalue weighted by Crippen LogP contribution is 2.11. The molecule has 2 rings (SSSR count). The summed E-state index contributed by atoms with van der Waals surface area (Å²) in [6.07, 6.45) is 0.866. The smallest absolute Gasteiger partial charge is 0.253 e. The molecule has 0 bridgehead atoms. The number of hydrogen-bond acceptors (Lipinski definition) is 3. The van der Waals surface area contributed by atoms with Gasteiger partial charge in [0.2, 0.25) is 5.91 Å². The van der Waals surface area contributed by atoms with Crippen molar-refractivity contribution in [2.24, 2.45) is 0 Å². The lowest BCUT2D eigenvalue weighted by Gasteiger charge is -2.34. The van der Waals surface area contributed by atoms with Gasteiger partial charge in [0.15, 0.2) is 0 Å². The van der Waals surface area contributed by atoms with Crippen LogP contribution in [0.4, 0.5) is 0 Å². The predicted molar refractivity (Wildman–Crippen MR) is 87.2 cm³/mol. The zero-order chi connectivity index (χ0) is 16.8. The number of piperazine rings is 1. The molecule has 0 aliphatic carbocycles. The summed E-state index contributed by atoms with van der Waals surface area (Å²) in [5.74, 6) is -0.229. The third-order valence-electron chi connectivity index (χ3n) is 3.92. The molecule has 6 nitrogen and oxygen atoms in total. The van der Waals surface area contributed by atoms with Crippen LogP contribution in [0.2, 0.25) is 0 Å². The van der Waals surface area contributed by atoms with Gasteiger partial charge in [0, 0.05) is 50.8 Å². The van der Waals surface area contributed by atoms with Crippen LogP contribution < -0.4 is 5.32 Å². The molecule has 1 aromatic rings. The Kier molecular flexibility index (Phi) is 5.73. The van der Waals surface area contributed by atoms with Crippen LogP contribution in [0.5, 0.6) is 0 Å². The van der Waals surface area contributed by atoms with Gasteiger partial charge in [-0.1, -0.05) is 13.0 Å². The monoisotopic (exact) mass is 317 g/mol. The van der Waals surface area contributed by atoms with Crippen LogP contribution in [0.15, 0.2) is 24.3 Å². The van der Waals surface area contributed by atoms with Crippen molar-refractivity contribution in [3.63, 3.8) is 0 Å².